The molecule has 130 valence electrons. The van der Waals surface area contributed by atoms with E-state index in [1.807, 2.05) is 37.3 Å². The quantitative estimate of drug-likeness (QED) is 0.759. The van der Waals surface area contributed by atoms with Gasteiger partial charge >= 0.3 is 0 Å². The molecule has 0 saturated carbocycles. The van der Waals surface area contributed by atoms with Gasteiger partial charge in [0.1, 0.15) is 11.6 Å². The van der Waals surface area contributed by atoms with Gasteiger partial charge in [-0.2, -0.15) is 0 Å². The van der Waals surface area contributed by atoms with Crippen LogP contribution < -0.4 is 0 Å². The minimum absolute atomic E-state index is 0.00835. The van der Waals surface area contributed by atoms with Gasteiger partial charge in [0.15, 0.2) is 9.84 Å². The molecular formula is C19H20N2O3S. The van der Waals surface area contributed by atoms with Crippen LogP contribution >= 0.6 is 0 Å². The molecule has 0 bridgehead atoms. The number of aromatic nitrogens is 2. The number of nitrogens with zero attached hydrogens (tertiary/aromatic N) is 2. The van der Waals surface area contributed by atoms with Crippen molar-refractivity contribution in [3.05, 3.63) is 72.3 Å². The van der Waals surface area contributed by atoms with Crippen molar-refractivity contribution in [2.45, 2.75) is 24.7 Å². The summed E-state index contributed by atoms with van der Waals surface area (Å²) in [6.45, 7) is 3.62. The van der Waals surface area contributed by atoms with E-state index in [0.717, 1.165) is 11.4 Å². The van der Waals surface area contributed by atoms with Crippen molar-refractivity contribution in [2.24, 2.45) is 0 Å². The average molecular weight is 356 g/mol. The maximum Gasteiger partial charge on any atom is 0.178 e. The molecule has 25 heavy (non-hydrogen) atoms. The van der Waals surface area contributed by atoms with Gasteiger partial charge < -0.3 is 5.11 Å². The lowest BCUT2D eigenvalue weighted by atomic mass is 10.0. The van der Waals surface area contributed by atoms with Crippen LogP contribution in [0.15, 0.2) is 65.8 Å². The van der Waals surface area contributed by atoms with Crippen LogP contribution in [-0.2, 0) is 9.84 Å². The third-order valence-corrected chi connectivity index (χ3v) is 6.03. The number of aromatic hydroxyl groups is 1. The van der Waals surface area contributed by atoms with Crippen molar-refractivity contribution in [2.75, 3.05) is 5.75 Å². The third kappa shape index (κ3) is 3.30. The first-order valence-electron chi connectivity index (χ1n) is 8.08. The summed E-state index contributed by atoms with van der Waals surface area (Å²) in [5, 5.41) is 10.3. The molecule has 0 fully saturated rings. The minimum atomic E-state index is -3.36. The smallest absolute Gasteiger partial charge is 0.178 e. The zero-order chi connectivity index (χ0) is 18.0. The minimum Gasteiger partial charge on any atom is -0.506 e. The van der Waals surface area contributed by atoms with Gasteiger partial charge in [0, 0.05) is 18.3 Å². The van der Waals surface area contributed by atoms with Gasteiger partial charge in [-0.25, -0.2) is 13.4 Å². The Kier molecular flexibility index (Phi) is 4.63. The van der Waals surface area contributed by atoms with Crippen LogP contribution in [-0.4, -0.2) is 28.8 Å². The molecule has 0 aliphatic rings. The summed E-state index contributed by atoms with van der Waals surface area (Å²) in [5.74, 6) is 0.734. The van der Waals surface area contributed by atoms with Crippen LogP contribution in [0.4, 0.5) is 0 Å². The molecule has 0 saturated heterocycles. The molecule has 2 aromatic carbocycles. The Hall–Kier alpha value is -2.60. The molecular weight excluding hydrogens is 336 g/mol. The highest BCUT2D eigenvalue weighted by atomic mass is 32.2. The predicted octanol–water partition coefficient (Wildman–Crippen LogP) is 3.52. The maximum atomic E-state index is 12.2. The van der Waals surface area contributed by atoms with E-state index in [0.29, 0.717) is 5.69 Å². The molecule has 0 aliphatic carbocycles. The van der Waals surface area contributed by atoms with Gasteiger partial charge in [-0.15, -0.1) is 0 Å². The number of benzene rings is 2. The van der Waals surface area contributed by atoms with Gasteiger partial charge in [-0.05, 0) is 23.8 Å². The second kappa shape index (κ2) is 6.72. The molecule has 0 radical (unpaired) electrons. The third-order valence-electron chi connectivity index (χ3n) is 4.30. The molecule has 1 N–H and O–H groups in total. The lowest BCUT2D eigenvalue weighted by Crippen LogP contribution is -2.08. The molecule has 0 amide bonds. The average Bonchev–Trinajstić information content (AvgIpc) is 3.11. The number of hydrogen-bond acceptors (Lipinski definition) is 4. The first-order chi connectivity index (χ1) is 11.9. The lowest BCUT2D eigenvalue weighted by molar-refractivity contribution is 0.470. The van der Waals surface area contributed by atoms with Crippen molar-refractivity contribution >= 4 is 9.84 Å². The van der Waals surface area contributed by atoms with Gasteiger partial charge in [0.05, 0.1) is 16.3 Å². The molecule has 1 heterocycles. The van der Waals surface area contributed by atoms with E-state index in [4.69, 9.17) is 0 Å². The van der Waals surface area contributed by atoms with E-state index in [1.54, 1.807) is 23.9 Å². The number of phenols is 1. The monoisotopic (exact) mass is 356 g/mol. The maximum absolute atomic E-state index is 12.2. The zero-order valence-electron chi connectivity index (χ0n) is 14.1. The topological polar surface area (TPSA) is 72.2 Å². The molecule has 5 nitrogen and oxygen atoms in total. The van der Waals surface area contributed by atoms with Crippen LogP contribution in [0.3, 0.4) is 0 Å². The summed E-state index contributed by atoms with van der Waals surface area (Å²) in [5.41, 5.74) is 1.50. The molecule has 3 aromatic rings. The number of phenolic OH excluding ortho intramolecular Hbond substituents is 1. The highest BCUT2D eigenvalue weighted by molar-refractivity contribution is 7.91. The molecule has 0 spiro atoms. The van der Waals surface area contributed by atoms with E-state index < -0.39 is 9.84 Å². The highest BCUT2D eigenvalue weighted by Gasteiger charge is 2.19. The van der Waals surface area contributed by atoms with Crippen LogP contribution in [0.1, 0.15) is 31.2 Å². The molecule has 3 rings (SSSR count). The Morgan fingerprint density at radius 2 is 1.88 bits per heavy atom. The fraction of sp³-hybridized carbons (Fsp3) is 0.211. The van der Waals surface area contributed by atoms with Crippen LogP contribution in [0.25, 0.3) is 5.69 Å². The van der Waals surface area contributed by atoms with Crippen molar-refractivity contribution in [3.8, 4) is 11.4 Å². The fourth-order valence-electron chi connectivity index (χ4n) is 2.79. The van der Waals surface area contributed by atoms with Gasteiger partial charge in [0.25, 0.3) is 0 Å². The summed E-state index contributed by atoms with van der Waals surface area (Å²) in [6, 6.07) is 14.2. The number of hydrogen-bond donors (Lipinski definition) is 1. The Labute approximate surface area is 147 Å². The summed E-state index contributed by atoms with van der Waals surface area (Å²) < 4.78 is 26.1. The van der Waals surface area contributed by atoms with Crippen LogP contribution in [0, 0.1) is 0 Å². The standard InChI is InChI=1S/C19H20N2O3S/c1-3-25(23,24)16-9-10-18(22)17(13-16)21-12-11-20-19(21)14(2)15-7-5-4-6-8-15/h4-14,22H,3H2,1-2H3/t14-/m1/s1. The second-order valence-corrected chi connectivity index (χ2v) is 8.12. The number of imidazole rings is 1. The molecule has 1 atom stereocenters. The van der Waals surface area contributed by atoms with Crippen LogP contribution in [0.2, 0.25) is 0 Å². The normalized spacial score (nSPS) is 12.9. The van der Waals surface area contributed by atoms with Gasteiger partial charge in [-0.1, -0.05) is 44.2 Å². The molecule has 0 unspecified atom stereocenters. The zero-order valence-corrected chi connectivity index (χ0v) is 14.9. The SMILES string of the molecule is CCS(=O)(=O)c1ccc(O)c(-n2ccnc2[C@H](C)c2ccccc2)c1. The predicted molar refractivity (Wildman–Crippen MR) is 96.9 cm³/mol. The lowest BCUT2D eigenvalue weighted by Gasteiger charge is -2.16. The van der Waals surface area contributed by atoms with Gasteiger partial charge in [0.2, 0.25) is 0 Å². The van der Waals surface area contributed by atoms with Crippen molar-refractivity contribution in [1.29, 1.82) is 0 Å². The van der Waals surface area contributed by atoms with E-state index in [-0.39, 0.29) is 22.3 Å². The molecule has 6 heteroatoms. The summed E-state index contributed by atoms with van der Waals surface area (Å²) in [6.07, 6.45) is 3.38. The van der Waals surface area contributed by atoms with Crippen molar-refractivity contribution < 1.29 is 13.5 Å². The van der Waals surface area contributed by atoms with Crippen molar-refractivity contribution in [1.82, 2.24) is 9.55 Å². The summed E-state index contributed by atoms with van der Waals surface area (Å²) in [7, 11) is -3.36. The molecule has 1 aromatic heterocycles. The summed E-state index contributed by atoms with van der Waals surface area (Å²) >= 11 is 0. The summed E-state index contributed by atoms with van der Waals surface area (Å²) in [4.78, 5) is 4.61. The Morgan fingerprint density at radius 1 is 1.16 bits per heavy atom. The Morgan fingerprint density at radius 3 is 2.56 bits per heavy atom. The van der Waals surface area contributed by atoms with E-state index in [2.05, 4.69) is 4.98 Å². The number of rotatable bonds is 5. The first kappa shape index (κ1) is 17.2. The second-order valence-electron chi connectivity index (χ2n) is 5.84. The van der Waals surface area contributed by atoms with E-state index >= 15 is 0 Å². The largest absolute Gasteiger partial charge is 0.506 e. The first-order valence-corrected chi connectivity index (χ1v) is 9.73. The fourth-order valence-corrected chi connectivity index (χ4v) is 3.69. The van der Waals surface area contributed by atoms with Crippen LogP contribution in [0.5, 0.6) is 5.75 Å². The van der Waals surface area contributed by atoms with Gasteiger partial charge in [-0.3, -0.25) is 4.57 Å². The number of sulfone groups is 1. The molecule has 0 aliphatic heterocycles. The highest BCUT2D eigenvalue weighted by Crippen LogP contribution is 2.30. The van der Waals surface area contributed by atoms with Crippen molar-refractivity contribution in [3.63, 3.8) is 0 Å². The Balaban J connectivity index is 2.10. The van der Waals surface area contributed by atoms with E-state index in [9.17, 15) is 13.5 Å². The van der Waals surface area contributed by atoms with E-state index in [1.165, 1.54) is 18.2 Å². The Bertz CT molecular complexity index is 979.